The van der Waals surface area contributed by atoms with E-state index in [4.69, 9.17) is 5.11 Å². The van der Waals surface area contributed by atoms with Crippen molar-refractivity contribution in [3.63, 3.8) is 0 Å². The summed E-state index contributed by atoms with van der Waals surface area (Å²) in [6.45, 7) is 7.21. The summed E-state index contributed by atoms with van der Waals surface area (Å²) in [6.07, 6.45) is 0. The van der Waals surface area contributed by atoms with Crippen molar-refractivity contribution < 1.29 is 13.9 Å². The molecule has 0 radical (unpaired) electrons. The molecular formula is C6H12F2O. The van der Waals surface area contributed by atoms with Crippen LogP contribution in [0.25, 0.3) is 0 Å². The second kappa shape index (κ2) is 4.30. The Labute approximate surface area is 54.0 Å². The molecule has 3 heteroatoms. The van der Waals surface area contributed by atoms with Gasteiger partial charge in [0, 0.05) is 6.92 Å². The van der Waals surface area contributed by atoms with Crippen molar-refractivity contribution in [2.24, 2.45) is 0 Å². The van der Waals surface area contributed by atoms with E-state index in [1.165, 1.54) is 0 Å². The number of allylic oxidation sites excluding steroid dienone is 1. The zero-order valence-electron chi connectivity index (χ0n) is 5.91. The van der Waals surface area contributed by atoms with Crippen molar-refractivity contribution in [2.45, 2.75) is 26.7 Å². The summed E-state index contributed by atoms with van der Waals surface area (Å²) < 4.78 is 23.0. The molecule has 0 aromatic carbocycles. The number of halogens is 2. The zero-order chi connectivity index (χ0) is 8.08. The Morgan fingerprint density at radius 1 is 1.44 bits per heavy atom. The first-order valence-electron chi connectivity index (χ1n) is 2.71. The summed E-state index contributed by atoms with van der Waals surface area (Å²) in [5.74, 6) is -4.23. The number of rotatable bonds is 1. The quantitative estimate of drug-likeness (QED) is 0.552. The van der Waals surface area contributed by atoms with Gasteiger partial charge in [0.15, 0.2) is 5.76 Å². The van der Waals surface area contributed by atoms with E-state index < -0.39 is 11.7 Å². The minimum Gasteiger partial charge on any atom is -0.507 e. The lowest BCUT2D eigenvalue weighted by atomic mass is 10.3. The van der Waals surface area contributed by atoms with Crippen molar-refractivity contribution >= 4 is 0 Å². The average molecular weight is 138 g/mol. The summed E-state index contributed by atoms with van der Waals surface area (Å²) >= 11 is 0. The third-order valence-corrected chi connectivity index (χ3v) is 0.507. The van der Waals surface area contributed by atoms with Gasteiger partial charge in [-0.25, -0.2) is 0 Å². The maximum absolute atomic E-state index is 11.5. The van der Waals surface area contributed by atoms with Crippen LogP contribution in [0, 0.1) is 0 Å². The van der Waals surface area contributed by atoms with Gasteiger partial charge in [-0.15, -0.1) is 0 Å². The van der Waals surface area contributed by atoms with Gasteiger partial charge in [0.2, 0.25) is 0 Å². The standard InChI is InChI=1S/C4H6F2O.C2H6/c1-3(7)4(2,5)6;1-2/h7H,1H2,2H3;1-2H3. The first-order chi connectivity index (χ1) is 3.94. The minimum absolute atomic E-state index is 0.579. The van der Waals surface area contributed by atoms with Gasteiger partial charge in [0.25, 0.3) is 5.92 Å². The number of aliphatic hydroxyl groups excluding tert-OH is 1. The first kappa shape index (κ1) is 11.2. The topological polar surface area (TPSA) is 20.2 Å². The second-order valence-electron chi connectivity index (χ2n) is 1.34. The molecule has 0 spiro atoms. The largest absolute Gasteiger partial charge is 0.507 e. The van der Waals surface area contributed by atoms with Crippen molar-refractivity contribution in [2.75, 3.05) is 0 Å². The number of hydrogen-bond donors (Lipinski definition) is 1. The van der Waals surface area contributed by atoms with E-state index in [1.54, 1.807) is 0 Å². The molecule has 0 bridgehead atoms. The molecule has 0 saturated carbocycles. The smallest absolute Gasteiger partial charge is 0.300 e. The van der Waals surface area contributed by atoms with Crippen LogP contribution in [0.4, 0.5) is 8.78 Å². The highest BCUT2D eigenvalue weighted by Gasteiger charge is 2.24. The third kappa shape index (κ3) is 7.40. The minimum atomic E-state index is -3.14. The molecule has 9 heavy (non-hydrogen) atoms. The molecule has 0 aliphatic carbocycles. The summed E-state index contributed by atoms with van der Waals surface area (Å²) in [5, 5.41) is 7.94. The van der Waals surface area contributed by atoms with E-state index in [-0.39, 0.29) is 0 Å². The monoisotopic (exact) mass is 138 g/mol. The molecule has 0 aliphatic rings. The third-order valence-electron chi connectivity index (χ3n) is 0.507. The average Bonchev–Trinajstić information content (AvgIpc) is 1.69. The predicted octanol–water partition coefficient (Wildman–Crippen LogP) is 2.74. The Morgan fingerprint density at radius 3 is 1.56 bits per heavy atom. The molecular weight excluding hydrogens is 126 g/mol. The normalized spacial score (nSPS) is 9.44. The second-order valence-corrected chi connectivity index (χ2v) is 1.34. The Hall–Kier alpha value is -0.600. The lowest BCUT2D eigenvalue weighted by Crippen LogP contribution is -2.11. The molecule has 56 valence electrons. The van der Waals surface area contributed by atoms with Crippen LogP contribution in [0.1, 0.15) is 20.8 Å². The number of aliphatic hydroxyl groups is 1. The van der Waals surface area contributed by atoms with Crippen LogP contribution in [0.3, 0.4) is 0 Å². The Balaban J connectivity index is 0. The molecule has 0 heterocycles. The fraction of sp³-hybridized carbons (Fsp3) is 0.667. The fourth-order valence-electron chi connectivity index (χ4n) is 0. The van der Waals surface area contributed by atoms with Gasteiger partial charge in [-0.1, -0.05) is 20.4 Å². The molecule has 1 N–H and O–H groups in total. The van der Waals surface area contributed by atoms with Gasteiger partial charge >= 0.3 is 0 Å². The lowest BCUT2D eigenvalue weighted by Gasteiger charge is -2.04. The summed E-state index contributed by atoms with van der Waals surface area (Å²) in [6, 6.07) is 0. The Kier molecular flexibility index (Phi) is 5.36. The molecule has 0 amide bonds. The highest BCUT2D eigenvalue weighted by atomic mass is 19.3. The fourth-order valence-corrected chi connectivity index (χ4v) is 0. The van der Waals surface area contributed by atoms with Crippen LogP contribution in [-0.4, -0.2) is 11.0 Å². The van der Waals surface area contributed by atoms with E-state index in [0.29, 0.717) is 6.92 Å². The number of alkyl halides is 2. The molecule has 1 nitrogen and oxygen atoms in total. The first-order valence-corrected chi connectivity index (χ1v) is 2.71. The van der Waals surface area contributed by atoms with E-state index in [9.17, 15) is 8.78 Å². The van der Waals surface area contributed by atoms with Gasteiger partial charge in [0.1, 0.15) is 0 Å². The highest BCUT2D eigenvalue weighted by Crippen LogP contribution is 2.17. The summed E-state index contributed by atoms with van der Waals surface area (Å²) in [5.41, 5.74) is 0. The van der Waals surface area contributed by atoms with Crippen molar-refractivity contribution in [1.82, 2.24) is 0 Å². The Bertz CT molecular complexity index is 83.5. The van der Waals surface area contributed by atoms with Crippen LogP contribution >= 0.6 is 0 Å². The predicted molar refractivity (Wildman–Crippen MR) is 33.7 cm³/mol. The molecule has 0 atom stereocenters. The van der Waals surface area contributed by atoms with Crippen LogP contribution in [0.2, 0.25) is 0 Å². The highest BCUT2D eigenvalue weighted by molar-refractivity contribution is 4.92. The molecule has 0 aliphatic heterocycles. The van der Waals surface area contributed by atoms with E-state index in [0.717, 1.165) is 0 Å². The van der Waals surface area contributed by atoms with Crippen molar-refractivity contribution in [1.29, 1.82) is 0 Å². The van der Waals surface area contributed by atoms with Crippen LogP contribution in [0.15, 0.2) is 12.3 Å². The lowest BCUT2D eigenvalue weighted by molar-refractivity contribution is 0.0197. The Morgan fingerprint density at radius 2 is 1.56 bits per heavy atom. The van der Waals surface area contributed by atoms with E-state index in [2.05, 4.69) is 6.58 Å². The van der Waals surface area contributed by atoms with Crippen LogP contribution in [0.5, 0.6) is 0 Å². The van der Waals surface area contributed by atoms with Gasteiger partial charge in [-0.2, -0.15) is 8.78 Å². The molecule has 0 aromatic heterocycles. The van der Waals surface area contributed by atoms with Crippen LogP contribution < -0.4 is 0 Å². The van der Waals surface area contributed by atoms with Crippen molar-refractivity contribution in [3.05, 3.63) is 12.3 Å². The van der Waals surface area contributed by atoms with Gasteiger partial charge in [0.05, 0.1) is 0 Å². The summed E-state index contributed by atoms with van der Waals surface area (Å²) in [4.78, 5) is 0. The maximum atomic E-state index is 11.5. The van der Waals surface area contributed by atoms with Crippen molar-refractivity contribution in [3.8, 4) is 0 Å². The zero-order valence-corrected chi connectivity index (χ0v) is 5.91. The van der Waals surface area contributed by atoms with E-state index in [1.807, 2.05) is 13.8 Å². The van der Waals surface area contributed by atoms with E-state index >= 15 is 0 Å². The molecule has 0 aromatic rings. The van der Waals surface area contributed by atoms with Gasteiger partial charge in [-0.05, 0) is 0 Å². The summed E-state index contributed by atoms with van der Waals surface area (Å²) in [7, 11) is 0. The maximum Gasteiger partial charge on any atom is 0.300 e. The van der Waals surface area contributed by atoms with Gasteiger partial charge < -0.3 is 5.11 Å². The number of hydrogen-bond acceptors (Lipinski definition) is 1. The molecule has 0 fully saturated rings. The molecule has 0 unspecified atom stereocenters. The molecule has 0 saturated heterocycles. The van der Waals surface area contributed by atoms with Crippen LogP contribution in [-0.2, 0) is 0 Å². The SMILES string of the molecule is C=C(O)C(C)(F)F.CC. The van der Waals surface area contributed by atoms with Gasteiger partial charge in [-0.3, -0.25) is 0 Å². The molecule has 0 rings (SSSR count).